The highest BCUT2D eigenvalue weighted by Crippen LogP contribution is 2.37. The summed E-state index contributed by atoms with van der Waals surface area (Å²) in [6, 6.07) is 20.7. The Hall–Kier alpha value is -4.57. The molecule has 39 heavy (non-hydrogen) atoms. The van der Waals surface area contributed by atoms with E-state index in [0.29, 0.717) is 52.7 Å². The first-order valence-electron chi connectivity index (χ1n) is 12.9. The van der Waals surface area contributed by atoms with E-state index in [1.54, 1.807) is 48.1 Å². The number of ether oxygens (including phenoxy) is 2. The summed E-state index contributed by atoms with van der Waals surface area (Å²) in [5.74, 6) is 1.48. The number of anilines is 2. The van der Waals surface area contributed by atoms with Crippen LogP contribution in [-0.2, 0) is 0 Å². The van der Waals surface area contributed by atoms with Crippen LogP contribution >= 0.6 is 0 Å². The number of amides is 2. The second-order valence-electron chi connectivity index (χ2n) is 9.19. The molecule has 3 aromatic carbocycles. The zero-order valence-electron chi connectivity index (χ0n) is 22.3. The summed E-state index contributed by atoms with van der Waals surface area (Å²) < 4.78 is 12.7. The number of piperazine rings is 1. The zero-order valence-corrected chi connectivity index (χ0v) is 22.3. The monoisotopic (exact) mass is 528 g/mol. The number of nitrogens with zero attached hydrogens (tertiary/aromatic N) is 4. The number of para-hydroxylation sites is 2. The second kappa shape index (κ2) is 11.4. The lowest BCUT2D eigenvalue weighted by atomic mass is 10.1. The van der Waals surface area contributed by atoms with Crippen LogP contribution in [0.15, 0.2) is 77.6 Å². The first-order valence-corrected chi connectivity index (χ1v) is 12.9. The number of fused-ring (bicyclic) bond motifs is 1. The molecule has 1 atom stereocenters. The van der Waals surface area contributed by atoms with Gasteiger partial charge < -0.3 is 25.1 Å². The highest BCUT2D eigenvalue weighted by Gasteiger charge is 2.32. The summed E-state index contributed by atoms with van der Waals surface area (Å²) in [7, 11) is 3.11. The average Bonchev–Trinajstić information content (AvgIpc) is 2.98. The van der Waals surface area contributed by atoms with Crippen LogP contribution in [0.2, 0.25) is 0 Å². The van der Waals surface area contributed by atoms with Crippen LogP contribution in [-0.4, -0.2) is 56.1 Å². The van der Waals surface area contributed by atoms with Crippen LogP contribution in [0.1, 0.15) is 18.8 Å². The Morgan fingerprint density at radius 1 is 1.00 bits per heavy atom. The molecule has 2 heterocycles. The molecule has 2 amide bonds. The number of nitrogens with one attached hydrogen (secondary N) is 2. The maximum atomic E-state index is 14.0. The molecule has 1 aromatic heterocycles. The van der Waals surface area contributed by atoms with Crippen LogP contribution in [0.3, 0.4) is 0 Å². The van der Waals surface area contributed by atoms with Gasteiger partial charge in [0.25, 0.3) is 5.56 Å². The number of hydrogen-bond donors (Lipinski definition) is 2. The lowest BCUT2D eigenvalue weighted by molar-refractivity contribution is 0.254. The van der Waals surface area contributed by atoms with Gasteiger partial charge in [-0.1, -0.05) is 30.3 Å². The van der Waals surface area contributed by atoms with E-state index in [2.05, 4.69) is 10.6 Å². The SMILES string of the molecule is COc1ccc(N(C(=O)Nc2ccccc2)C(C)c2nc3ccccc3c(=O)n2N2CCNCC2)c(OC)c1. The van der Waals surface area contributed by atoms with Gasteiger partial charge in [-0.25, -0.2) is 14.5 Å². The third-order valence-electron chi connectivity index (χ3n) is 6.81. The summed E-state index contributed by atoms with van der Waals surface area (Å²) in [6.07, 6.45) is 0. The van der Waals surface area contributed by atoms with Crippen LogP contribution in [0, 0.1) is 0 Å². The number of benzene rings is 3. The van der Waals surface area contributed by atoms with Crippen molar-refractivity contribution in [1.82, 2.24) is 15.0 Å². The minimum absolute atomic E-state index is 0.172. The van der Waals surface area contributed by atoms with Gasteiger partial charge in [0, 0.05) is 37.9 Å². The summed E-state index contributed by atoms with van der Waals surface area (Å²) >= 11 is 0. The largest absolute Gasteiger partial charge is 0.497 e. The fourth-order valence-corrected chi connectivity index (χ4v) is 4.84. The maximum Gasteiger partial charge on any atom is 0.327 e. The molecule has 5 rings (SSSR count). The molecule has 0 bridgehead atoms. The predicted octanol–water partition coefficient (Wildman–Crippen LogP) is 3.75. The van der Waals surface area contributed by atoms with E-state index < -0.39 is 12.1 Å². The van der Waals surface area contributed by atoms with Gasteiger partial charge in [-0.15, -0.1) is 0 Å². The molecular weight excluding hydrogens is 496 g/mol. The number of hydrogen-bond acceptors (Lipinski definition) is 7. The van der Waals surface area contributed by atoms with Gasteiger partial charge in [0.05, 0.1) is 36.9 Å². The van der Waals surface area contributed by atoms with E-state index in [0.717, 1.165) is 13.1 Å². The quantitative estimate of drug-likeness (QED) is 0.377. The molecule has 1 fully saturated rings. The molecule has 1 aliphatic rings. The maximum absolute atomic E-state index is 14.0. The average molecular weight is 529 g/mol. The first-order chi connectivity index (χ1) is 19.0. The van der Waals surface area contributed by atoms with Gasteiger partial charge in [-0.2, -0.15) is 0 Å². The second-order valence-corrected chi connectivity index (χ2v) is 9.19. The molecule has 2 N–H and O–H groups in total. The molecule has 1 aliphatic heterocycles. The third kappa shape index (κ3) is 5.23. The third-order valence-corrected chi connectivity index (χ3v) is 6.81. The highest BCUT2D eigenvalue weighted by molar-refractivity contribution is 6.03. The Labute approximate surface area is 226 Å². The van der Waals surface area contributed by atoms with E-state index >= 15 is 0 Å². The van der Waals surface area contributed by atoms with Crippen molar-refractivity contribution in [1.29, 1.82) is 0 Å². The van der Waals surface area contributed by atoms with Crippen molar-refractivity contribution in [2.24, 2.45) is 0 Å². The molecule has 10 nitrogen and oxygen atoms in total. The minimum atomic E-state index is -0.664. The van der Waals surface area contributed by atoms with Crippen molar-refractivity contribution >= 4 is 28.3 Å². The molecule has 1 unspecified atom stereocenters. The van der Waals surface area contributed by atoms with Gasteiger partial charge in [0.1, 0.15) is 11.5 Å². The fourth-order valence-electron chi connectivity index (χ4n) is 4.84. The molecule has 4 aromatic rings. The summed E-state index contributed by atoms with van der Waals surface area (Å²) in [6.45, 7) is 4.59. The molecule has 202 valence electrons. The van der Waals surface area contributed by atoms with Crippen LogP contribution in [0.5, 0.6) is 11.5 Å². The van der Waals surface area contributed by atoms with Crippen LogP contribution in [0.4, 0.5) is 16.2 Å². The topological polar surface area (TPSA) is 101 Å². The zero-order chi connectivity index (χ0) is 27.4. The lowest BCUT2D eigenvalue weighted by Crippen LogP contribution is -2.55. The Kier molecular flexibility index (Phi) is 7.64. The van der Waals surface area contributed by atoms with Crippen molar-refractivity contribution in [2.45, 2.75) is 13.0 Å². The molecule has 0 spiro atoms. The molecule has 0 radical (unpaired) electrons. The summed E-state index contributed by atoms with van der Waals surface area (Å²) in [4.78, 5) is 34.4. The van der Waals surface area contributed by atoms with Crippen molar-refractivity contribution in [3.63, 3.8) is 0 Å². The summed E-state index contributed by atoms with van der Waals surface area (Å²) in [5.41, 5.74) is 1.54. The van der Waals surface area contributed by atoms with E-state index in [1.165, 1.54) is 0 Å². The molecular formula is C29H32N6O4. The minimum Gasteiger partial charge on any atom is -0.497 e. The predicted molar refractivity (Wildman–Crippen MR) is 153 cm³/mol. The van der Waals surface area contributed by atoms with Crippen LogP contribution < -0.4 is 35.6 Å². The highest BCUT2D eigenvalue weighted by atomic mass is 16.5. The van der Waals surface area contributed by atoms with Gasteiger partial charge >= 0.3 is 6.03 Å². The van der Waals surface area contributed by atoms with Gasteiger partial charge in [-0.3, -0.25) is 9.69 Å². The fraction of sp³-hybridized carbons (Fsp3) is 0.276. The Morgan fingerprint density at radius 3 is 2.44 bits per heavy atom. The van der Waals surface area contributed by atoms with Gasteiger partial charge in [0.15, 0.2) is 5.82 Å². The van der Waals surface area contributed by atoms with Crippen LogP contribution in [0.25, 0.3) is 10.9 Å². The Morgan fingerprint density at radius 2 is 1.72 bits per heavy atom. The van der Waals surface area contributed by atoms with Crippen molar-refractivity contribution in [3.8, 4) is 11.5 Å². The number of urea groups is 1. The standard InChI is InChI=1S/C29H32N6O4/c1-20(27-32-24-12-8-7-11-23(24)28(36)35(27)33-17-15-30-16-18-33)34(29(37)31-21-9-5-4-6-10-21)25-14-13-22(38-2)19-26(25)39-3/h4-14,19-20,30H,15-18H2,1-3H3,(H,31,37). The van der Waals surface area contributed by atoms with E-state index in [4.69, 9.17) is 14.5 Å². The molecule has 0 aliphatic carbocycles. The first kappa shape index (κ1) is 26.1. The van der Waals surface area contributed by atoms with Crippen molar-refractivity contribution < 1.29 is 14.3 Å². The Bertz CT molecular complexity index is 1520. The Balaban J connectivity index is 1.69. The van der Waals surface area contributed by atoms with E-state index in [-0.39, 0.29) is 5.56 Å². The molecule has 10 heteroatoms. The normalized spacial score (nSPS) is 14.1. The number of carbonyl (C=O) groups excluding carboxylic acids is 1. The van der Waals surface area contributed by atoms with Crippen molar-refractivity contribution in [2.75, 3.05) is 55.6 Å². The molecule has 1 saturated heterocycles. The van der Waals surface area contributed by atoms with Gasteiger partial charge in [0.2, 0.25) is 0 Å². The number of rotatable bonds is 7. The summed E-state index contributed by atoms with van der Waals surface area (Å²) in [5, 5.41) is 8.82. The number of carbonyl (C=O) groups is 1. The van der Waals surface area contributed by atoms with E-state index in [9.17, 15) is 9.59 Å². The lowest BCUT2D eigenvalue weighted by Gasteiger charge is -2.36. The van der Waals surface area contributed by atoms with Gasteiger partial charge in [-0.05, 0) is 43.3 Å². The smallest absolute Gasteiger partial charge is 0.327 e. The van der Waals surface area contributed by atoms with E-state index in [1.807, 2.05) is 60.5 Å². The number of aromatic nitrogens is 2. The number of methoxy groups -OCH3 is 2. The van der Waals surface area contributed by atoms with Crippen molar-refractivity contribution in [3.05, 3.63) is 89.0 Å². The molecule has 0 saturated carbocycles.